The van der Waals surface area contributed by atoms with E-state index in [1.807, 2.05) is 6.92 Å². The molecule has 4 aliphatic carbocycles. The minimum atomic E-state index is -5.74. The first-order chi connectivity index (χ1) is 19.2. The van der Waals surface area contributed by atoms with E-state index in [9.17, 15) is 49.1 Å². The molecule has 4 fully saturated rings. The van der Waals surface area contributed by atoms with Gasteiger partial charge in [-0.1, -0.05) is 20.8 Å². The van der Waals surface area contributed by atoms with Crippen molar-refractivity contribution in [1.82, 2.24) is 0 Å². The molecule has 0 saturated heterocycles. The van der Waals surface area contributed by atoms with Gasteiger partial charge in [-0.15, -0.1) is 0 Å². The molecule has 42 heavy (non-hydrogen) atoms. The van der Waals surface area contributed by atoms with Gasteiger partial charge in [0.25, 0.3) is 6.10 Å². The lowest BCUT2D eigenvalue weighted by molar-refractivity contribution is -0.313. The number of halogens is 9. The summed E-state index contributed by atoms with van der Waals surface area (Å²) in [4.78, 5) is 23.4. The molecule has 13 heteroatoms. The number of rotatable bonds is 6. The number of alkyl halides is 9. The number of carbonyl (C=O) groups excluding carboxylic acids is 2. The molecule has 0 unspecified atom stereocenters. The molecule has 0 aromatic carbocycles. The van der Waals surface area contributed by atoms with Gasteiger partial charge in [0.1, 0.15) is 6.10 Å². The highest BCUT2D eigenvalue weighted by molar-refractivity contribution is 5.75. The lowest BCUT2D eigenvalue weighted by Gasteiger charge is -2.61. The Bertz CT molecular complexity index is 995. The zero-order chi connectivity index (χ0) is 31.5. The van der Waals surface area contributed by atoms with Crippen LogP contribution in [0.5, 0.6) is 0 Å². The van der Waals surface area contributed by atoms with Crippen molar-refractivity contribution in [3.05, 3.63) is 0 Å². The summed E-state index contributed by atoms with van der Waals surface area (Å²) in [6, 6.07) is 0. The van der Waals surface area contributed by atoms with Crippen LogP contribution in [0, 0.1) is 46.3 Å². The number of fused-ring (bicyclic) bond motifs is 5. The van der Waals surface area contributed by atoms with Crippen LogP contribution in [0.15, 0.2) is 0 Å². The summed E-state index contributed by atoms with van der Waals surface area (Å²) in [6.45, 7) is 6.32. The van der Waals surface area contributed by atoms with Crippen molar-refractivity contribution in [2.45, 2.75) is 122 Å². The van der Waals surface area contributed by atoms with Gasteiger partial charge in [-0.3, -0.25) is 4.79 Å². The van der Waals surface area contributed by atoms with Crippen LogP contribution >= 0.6 is 0 Å². The minimum absolute atomic E-state index is 0.0770. The maximum atomic E-state index is 12.8. The molecule has 0 heterocycles. The maximum absolute atomic E-state index is 12.8. The van der Waals surface area contributed by atoms with Crippen LogP contribution in [0.1, 0.15) is 91.4 Å². The zero-order valence-corrected chi connectivity index (χ0v) is 23.9. The van der Waals surface area contributed by atoms with E-state index in [2.05, 4.69) is 18.6 Å². The molecule has 0 amide bonds. The van der Waals surface area contributed by atoms with Crippen LogP contribution in [0.25, 0.3) is 0 Å². The lowest BCUT2D eigenvalue weighted by Crippen LogP contribution is -2.54. The predicted molar refractivity (Wildman–Crippen MR) is 132 cm³/mol. The second-order valence-corrected chi connectivity index (χ2v) is 13.7. The molecule has 4 saturated carbocycles. The van der Waals surface area contributed by atoms with Gasteiger partial charge in [0.15, 0.2) is 0 Å². The van der Waals surface area contributed by atoms with E-state index in [-0.39, 0.29) is 35.0 Å². The van der Waals surface area contributed by atoms with E-state index < -0.39 is 49.1 Å². The molecular formula is C29H39F9O4. The van der Waals surface area contributed by atoms with E-state index in [4.69, 9.17) is 4.74 Å². The number of ether oxygens (including phenoxy) is 2. The van der Waals surface area contributed by atoms with E-state index in [1.54, 1.807) is 0 Å². The van der Waals surface area contributed by atoms with Gasteiger partial charge >= 0.3 is 30.5 Å². The van der Waals surface area contributed by atoms with Crippen molar-refractivity contribution < 1.29 is 58.6 Å². The third kappa shape index (κ3) is 6.40. The van der Waals surface area contributed by atoms with Gasteiger partial charge in [-0.2, -0.15) is 39.5 Å². The summed E-state index contributed by atoms with van der Waals surface area (Å²) in [5, 5.41) is 0. The smallest absolute Gasteiger partial charge is 0.456 e. The average molecular weight is 623 g/mol. The number of hydrogen-bond acceptors (Lipinski definition) is 4. The van der Waals surface area contributed by atoms with Gasteiger partial charge in [-0.25, -0.2) is 4.79 Å². The fraction of sp³-hybridized carbons (Fsp3) is 0.931. The molecule has 4 nitrogen and oxygen atoms in total. The van der Waals surface area contributed by atoms with Gasteiger partial charge in [-0.05, 0) is 111 Å². The Morgan fingerprint density at radius 1 is 0.810 bits per heavy atom. The van der Waals surface area contributed by atoms with E-state index in [1.165, 1.54) is 0 Å². The topological polar surface area (TPSA) is 52.6 Å². The van der Waals surface area contributed by atoms with Gasteiger partial charge < -0.3 is 9.47 Å². The lowest BCUT2D eigenvalue weighted by atomic mass is 9.44. The number of hydrogen-bond donors (Lipinski definition) is 0. The standard InChI is InChI=1S/C29H39F9O4/c1-15(4-9-22(39)42-23(27(30,31)32)28(33,34)35)19-7-8-20-18-6-5-16-14-17(41-24(40)29(36,37)38)10-12-25(16,2)21(18)11-13-26(19,20)3/h15-21,23H,4-14H2,1-3H3/t15-,16+,17+,18+,19-,20+,21+,25+,26-/m1/s1. The molecule has 242 valence electrons. The number of carbonyl (C=O) groups is 2. The molecule has 9 atom stereocenters. The van der Waals surface area contributed by atoms with E-state index in [0.29, 0.717) is 37.0 Å². The first kappa shape index (κ1) is 33.2. The average Bonchev–Trinajstić information content (AvgIpc) is 3.21. The summed E-state index contributed by atoms with van der Waals surface area (Å²) in [5.74, 6) is -2.31. The van der Waals surface area contributed by atoms with Crippen molar-refractivity contribution in [1.29, 1.82) is 0 Å². The molecule has 0 aliphatic heterocycles. The summed E-state index contributed by atoms with van der Waals surface area (Å²) in [5.41, 5.74) is -0.167. The molecule has 4 aliphatic rings. The molecular weight excluding hydrogens is 583 g/mol. The molecule has 0 N–H and O–H groups in total. The Hall–Kier alpha value is -1.69. The van der Waals surface area contributed by atoms with Crippen molar-refractivity contribution in [2.75, 3.05) is 0 Å². The maximum Gasteiger partial charge on any atom is 0.490 e. The molecule has 0 aromatic heterocycles. The SMILES string of the molecule is C[C@H](CCC(=O)OC(C(F)(F)F)C(F)(F)F)[C@H]1CC[C@H]2[C@@H]3CC[C@H]4C[C@@H](OC(=O)C(F)(F)F)CC[C@]4(C)[C@H]3CC[C@]12C. The Balaban J connectivity index is 1.36. The van der Waals surface area contributed by atoms with Gasteiger partial charge in [0.2, 0.25) is 0 Å². The second-order valence-electron chi connectivity index (χ2n) is 13.7. The first-order valence-electron chi connectivity index (χ1n) is 14.8. The van der Waals surface area contributed by atoms with Crippen molar-refractivity contribution in [3.63, 3.8) is 0 Å². The molecule has 0 aromatic rings. The normalized spacial score (nSPS) is 37.8. The van der Waals surface area contributed by atoms with Gasteiger partial charge in [0.05, 0.1) is 0 Å². The highest BCUT2D eigenvalue weighted by Crippen LogP contribution is 2.68. The largest absolute Gasteiger partial charge is 0.490 e. The van der Waals surface area contributed by atoms with Crippen LogP contribution in [0.2, 0.25) is 0 Å². The Morgan fingerprint density at radius 3 is 2.00 bits per heavy atom. The summed E-state index contributed by atoms with van der Waals surface area (Å²) in [6.07, 6.45) is -15.0. The third-order valence-electron chi connectivity index (χ3n) is 11.5. The quantitative estimate of drug-likeness (QED) is 0.220. The van der Waals surface area contributed by atoms with Crippen LogP contribution < -0.4 is 0 Å². The van der Waals surface area contributed by atoms with Crippen LogP contribution in [-0.2, 0) is 19.1 Å². The van der Waals surface area contributed by atoms with Crippen LogP contribution in [0.3, 0.4) is 0 Å². The minimum Gasteiger partial charge on any atom is -0.456 e. The Morgan fingerprint density at radius 2 is 1.40 bits per heavy atom. The molecule has 0 spiro atoms. The number of esters is 2. The van der Waals surface area contributed by atoms with E-state index in [0.717, 1.165) is 38.5 Å². The zero-order valence-electron chi connectivity index (χ0n) is 23.9. The first-order valence-corrected chi connectivity index (χ1v) is 14.8. The van der Waals surface area contributed by atoms with Crippen LogP contribution in [0.4, 0.5) is 39.5 Å². The van der Waals surface area contributed by atoms with Gasteiger partial charge in [0, 0.05) is 6.42 Å². The fourth-order valence-electron chi connectivity index (χ4n) is 9.58. The highest BCUT2D eigenvalue weighted by Gasteiger charge is 2.62. The van der Waals surface area contributed by atoms with Crippen molar-refractivity contribution in [3.8, 4) is 0 Å². The molecule has 0 bridgehead atoms. The summed E-state index contributed by atoms with van der Waals surface area (Å²) < 4.78 is 123. The fourth-order valence-corrected chi connectivity index (χ4v) is 9.58. The van der Waals surface area contributed by atoms with Crippen LogP contribution in [-0.4, -0.2) is 42.7 Å². The summed E-state index contributed by atoms with van der Waals surface area (Å²) in [7, 11) is 0. The third-order valence-corrected chi connectivity index (χ3v) is 11.5. The van der Waals surface area contributed by atoms with E-state index >= 15 is 0 Å². The molecule has 4 rings (SSSR count). The van der Waals surface area contributed by atoms with Crippen molar-refractivity contribution >= 4 is 11.9 Å². The van der Waals surface area contributed by atoms with Crippen molar-refractivity contribution in [2.24, 2.45) is 46.3 Å². The Kier molecular flexibility index (Phi) is 8.97. The summed E-state index contributed by atoms with van der Waals surface area (Å²) >= 11 is 0. The Labute approximate surface area is 239 Å². The highest BCUT2D eigenvalue weighted by atomic mass is 19.4. The monoisotopic (exact) mass is 622 g/mol. The second kappa shape index (κ2) is 11.3. The molecule has 0 radical (unpaired) electrons. The predicted octanol–water partition coefficient (Wildman–Crippen LogP) is 8.57.